The van der Waals surface area contributed by atoms with E-state index in [2.05, 4.69) is 5.32 Å². The fraction of sp³-hybridized carbons (Fsp3) is 0.211. The van der Waals surface area contributed by atoms with Crippen LogP contribution in [0.25, 0.3) is 0 Å². The number of nitrogens with one attached hydrogen (secondary N) is 1. The third-order valence-corrected chi connectivity index (χ3v) is 3.41. The van der Waals surface area contributed by atoms with Crippen LogP contribution in [0.4, 0.5) is 0 Å². The smallest absolute Gasteiger partial charge is 0.344 e. The lowest BCUT2D eigenvalue weighted by Crippen LogP contribution is -2.34. The van der Waals surface area contributed by atoms with E-state index in [0.717, 1.165) is 5.56 Å². The van der Waals surface area contributed by atoms with Gasteiger partial charge < -0.3 is 14.2 Å². The van der Waals surface area contributed by atoms with Crippen molar-refractivity contribution in [3.05, 3.63) is 59.7 Å². The van der Waals surface area contributed by atoms with Crippen LogP contribution >= 0.6 is 0 Å². The van der Waals surface area contributed by atoms with Gasteiger partial charge in [0.1, 0.15) is 11.5 Å². The van der Waals surface area contributed by atoms with Crippen molar-refractivity contribution in [1.29, 1.82) is 0 Å². The number of para-hydroxylation sites is 2. The molecular weight excluding hydrogens is 338 g/mol. The average Bonchev–Trinajstić information content (AvgIpc) is 2.65. The first-order valence-electron chi connectivity index (χ1n) is 7.82. The summed E-state index contributed by atoms with van der Waals surface area (Å²) in [5.74, 6) is -1.21. The number of esters is 1. The molecule has 1 N–H and O–H groups in total. The Hall–Kier alpha value is -3.35. The Morgan fingerprint density at radius 3 is 2.27 bits per heavy atom. The summed E-state index contributed by atoms with van der Waals surface area (Å²) < 4.78 is 15.2. The van der Waals surface area contributed by atoms with Gasteiger partial charge in [-0.3, -0.25) is 14.9 Å². The predicted molar refractivity (Wildman–Crippen MR) is 93.1 cm³/mol. The monoisotopic (exact) mass is 357 g/mol. The molecule has 7 nitrogen and oxygen atoms in total. The van der Waals surface area contributed by atoms with E-state index >= 15 is 0 Å². The molecule has 0 aliphatic heterocycles. The number of hydrogen-bond donors (Lipinski definition) is 1. The number of benzene rings is 2. The fourth-order valence-corrected chi connectivity index (χ4v) is 2.11. The molecule has 136 valence electrons. The molecule has 0 radical (unpaired) electrons. The van der Waals surface area contributed by atoms with Crippen molar-refractivity contribution in [2.75, 3.05) is 20.3 Å². The van der Waals surface area contributed by atoms with Crippen LogP contribution in [0.15, 0.2) is 48.5 Å². The zero-order chi connectivity index (χ0) is 18.9. The van der Waals surface area contributed by atoms with E-state index in [1.165, 1.54) is 13.2 Å². The van der Waals surface area contributed by atoms with Crippen molar-refractivity contribution in [2.45, 2.75) is 6.92 Å². The molecule has 0 atom stereocenters. The summed E-state index contributed by atoms with van der Waals surface area (Å²) in [6.45, 7) is 0.924. The second-order valence-corrected chi connectivity index (χ2v) is 5.29. The molecule has 0 heterocycles. The first-order valence-corrected chi connectivity index (χ1v) is 7.82. The molecule has 0 aliphatic carbocycles. The van der Waals surface area contributed by atoms with Crippen LogP contribution in [0.1, 0.15) is 15.9 Å². The maximum atomic E-state index is 12.1. The third kappa shape index (κ3) is 5.34. The van der Waals surface area contributed by atoms with Gasteiger partial charge in [-0.2, -0.15) is 0 Å². The summed E-state index contributed by atoms with van der Waals surface area (Å²) in [6, 6.07) is 13.7. The molecule has 7 heteroatoms. The molecule has 2 aromatic carbocycles. The van der Waals surface area contributed by atoms with Gasteiger partial charge in [-0.25, -0.2) is 4.79 Å². The molecule has 0 unspecified atom stereocenters. The highest BCUT2D eigenvalue weighted by atomic mass is 16.6. The molecule has 2 rings (SSSR count). The van der Waals surface area contributed by atoms with Gasteiger partial charge in [0.15, 0.2) is 13.2 Å². The van der Waals surface area contributed by atoms with E-state index < -0.39 is 24.4 Å². The number of rotatable bonds is 7. The van der Waals surface area contributed by atoms with Crippen LogP contribution in [-0.2, 0) is 14.3 Å². The van der Waals surface area contributed by atoms with Crippen LogP contribution in [-0.4, -0.2) is 38.1 Å². The van der Waals surface area contributed by atoms with E-state index in [0.29, 0.717) is 11.5 Å². The van der Waals surface area contributed by atoms with E-state index in [-0.39, 0.29) is 12.2 Å². The highest BCUT2D eigenvalue weighted by Gasteiger charge is 2.16. The fourth-order valence-electron chi connectivity index (χ4n) is 2.11. The Kier molecular flexibility index (Phi) is 6.73. The first kappa shape index (κ1) is 19.0. The number of ether oxygens (including phenoxy) is 3. The minimum atomic E-state index is -0.745. The number of methoxy groups -OCH3 is 1. The highest BCUT2D eigenvalue weighted by molar-refractivity contribution is 6.06. The molecule has 0 aliphatic rings. The predicted octanol–water partition coefficient (Wildman–Crippen LogP) is 1.88. The summed E-state index contributed by atoms with van der Waals surface area (Å²) in [5, 5.41) is 2.13. The molecule has 0 aromatic heterocycles. The average molecular weight is 357 g/mol. The third-order valence-electron chi connectivity index (χ3n) is 3.41. The minimum absolute atomic E-state index is 0.206. The Labute approximate surface area is 150 Å². The minimum Gasteiger partial charge on any atom is -0.496 e. The van der Waals surface area contributed by atoms with E-state index in [9.17, 15) is 14.4 Å². The van der Waals surface area contributed by atoms with Crippen LogP contribution in [0, 0.1) is 6.92 Å². The van der Waals surface area contributed by atoms with Crippen LogP contribution < -0.4 is 14.8 Å². The Balaban J connectivity index is 1.78. The Bertz CT molecular complexity index is 802. The summed E-state index contributed by atoms with van der Waals surface area (Å²) >= 11 is 0. The van der Waals surface area contributed by atoms with Gasteiger partial charge in [-0.1, -0.05) is 30.3 Å². The van der Waals surface area contributed by atoms with Gasteiger partial charge in [-0.15, -0.1) is 0 Å². The lowest BCUT2D eigenvalue weighted by Gasteiger charge is -2.10. The topological polar surface area (TPSA) is 90.9 Å². The molecule has 0 fully saturated rings. The van der Waals surface area contributed by atoms with E-state index in [1.807, 2.05) is 19.1 Å². The Morgan fingerprint density at radius 2 is 1.58 bits per heavy atom. The van der Waals surface area contributed by atoms with Crippen LogP contribution in [0.2, 0.25) is 0 Å². The highest BCUT2D eigenvalue weighted by Crippen LogP contribution is 2.17. The van der Waals surface area contributed by atoms with Gasteiger partial charge in [0, 0.05) is 0 Å². The Morgan fingerprint density at radius 1 is 0.923 bits per heavy atom. The number of carbonyl (C=O) groups excluding carboxylic acids is 3. The number of amides is 2. The van der Waals surface area contributed by atoms with E-state index in [4.69, 9.17) is 14.2 Å². The van der Waals surface area contributed by atoms with Gasteiger partial charge in [0.05, 0.1) is 12.7 Å². The molecule has 26 heavy (non-hydrogen) atoms. The second-order valence-electron chi connectivity index (χ2n) is 5.29. The number of hydrogen-bond acceptors (Lipinski definition) is 6. The molecule has 0 spiro atoms. The number of imide groups is 1. The quantitative estimate of drug-likeness (QED) is 0.761. The normalized spacial score (nSPS) is 9.92. The van der Waals surface area contributed by atoms with E-state index in [1.54, 1.807) is 30.3 Å². The molecular formula is C19H19NO6. The van der Waals surface area contributed by atoms with Crippen LogP contribution in [0.3, 0.4) is 0 Å². The van der Waals surface area contributed by atoms with Gasteiger partial charge in [-0.05, 0) is 30.7 Å². The lowest BCUT2D eigenvalue weighted by molar-refractivity contribution is -0.150. The van der Waals surface area contributed by atoms with Gasteiger partial charge in [0.2, 0.25) is 0 Å². The van der Waals surface area contributed by atoms with Crippen molar-refractivity contribution in [3.63, 3.8) is 0 Å². The second kappa shape index (κ2) is 9.22. The summed E-state index contributed by atoms with van der Waals surface area (Å²) in [5.41, 5.74) is 1.08. The standard InChI is InChI=1S/C19H19NO6/c1-13-7-3-5-9-15(13)25-12-18(22)26-11-17(21)20-19(23)14-8-4-6-10-16(14)24-2/h3-10H,11-12H2,1-2H3,(H,20,21,23). The molecule has 2 aromatic rings. The maximum Gasteiger partial charge on any atom is 0.344 e. The summed E-state index contributed by atoms with van der Waals surface area (Å²) in [4.78, 5) is 35.5. The summed E-state index contributed by atoms with van der Waals surface area (Å²) in [6.07, 6.45) is 0. The first-order chi connectivity index (χ1) is 12.5. The van der Waals surface area contributed by atoms with Gasteiger partial charge in [0.25, 0.3) is 11.8 Å². The molecule has 2 amide bonds. The SMILES string of the molecule is COc1ccccc1C(=O)NC(=O)COC(=O)COc1ccccc1C. The molecule has 0 saturated carbocycles. The lowest BCUT2D eigenvalue weighted by atomic mass is 10.2. The zero-order valence-electron chi connectivity index (χ0n) is 14.5. The largest absolute Gasteiger partial charge is 0.496 e. The maximum absolute atomic E-state index is 12.1. The number of carbonyl (C=O) groups is 3. The van der Waals surface area contributed by atoms with Crippen molar-refractivity contribution in [1.82, 2.24) is 5.32 Å². The van der Waals surface area contributed by atoms with Crippen molar-refractivity contribution < 1.29 is 28.6 Å². The van der Waals surface area contributed by atoms with Gasteiger partial charge >= 0.3 is 5.97 Å². The summed E-state index contributed by atoms with van der Waals surface area (Å²) in [7, 11) is 1.42. The van der Waals surface area contributed by atoms with Crippen molar-refractivity contribution >= 4 is 17.8 Å². The van der Waals surface area contributed by atoms with Crippen molar-refractivity contribution in [2.24, 2.45) is 0 Å². The molecule has 0 bridgehead atoms. The zero-order valence-corrected chi connectivity index (χ0v) is 14.5. The number of aryl methyl sites for hydroxylation is 1. The molecule has 0 saturated heterocycles. The van der Waals surface area contributed by atoms with Crippen LogP contribution in [0.5, 0.6) is 11.5 Å². The van der Waals surface area contributed by atoms with Crippen molar-refractivity contribution in [3.8, 4) is 11.5 Å².